The molecule has 0 atom stereocenters. The van der Waals surface area contributed by atoms with Crippen LogP contribution in [0.15, 0.2) is 77.9 Å². The first-order chi connectivity index (χ1) is 24.0. The van der Waals surface area contributed by atoms with Crippen molar-refractivity contribution in [1.29, 1.82) is 0 Å². The maximum Gasteiger partial charge on any atom is 4.00 e. The van der Waals surface area contributed by atoms with Crippen molar-refractivity contribution in [2.75, 3.05) is 45.8 Å². The van der Waals surface area contributed by atoms with E-state index in [-0.39, 0.29) is 21.1 Å². The molecule has 0 amide bonds. The van der Waals surface area contributed by atoms with E-state index in [2.05, 4.69) is 132 Å². The molecule has 0 aromatic heterocycles. The van der Waals surface area contributed by atoms with Gasteiger partial charge in [-0.3, -0.25) is 17.8 Å². The average Bonchev–Trinajstić information content (AvgIpc) is 3.69. The molecule has 3 aromatic rings. The average molecular weight is 849 g/mol. The molecule has 0 N–H and O–H groups in total. The van der Waals surface area contributed by atoms with Crippen LogP contribution in [0.1, 0.15) is 84.6 Å². The van der Waals surface area contributed by atoms with Crippen LogP contribution in [0.5, 0.6) is 0 Å². The van der Waals surface area contributed by atoms with E-state index in [1.54, 1.807) is 30.2 Å². The van der Waals surface area contributed by atoms with E-state index in [0.717, 1.165) is 26.2 Å². The topological polar surface area (TPSA) is 61.7 Å². The number of unbranched alkanes of at least 4 members (excludes halogenated alkanes) is 4. The summed E-state index contributed by atoms with van der Waals surface area (Å²) in [5, 5.41) is 3.37. The second kappa shape index (κ2) is 26.4. The molecular formula is C42H51N7Pt. The molecule has 0 saturated heterocycles. The Kier molecular flexibility index (Phi) is 23.0. The fourth-order valence-corrected chi connectivity index (χ4v) is 5.17. The van der Waals surface area contributed by atoms with Crippen molar-refractivity contribution in [1.82, 2.24) is 0 Å². The number of benzene rings is 3. The fraction of sp³-hybridized carbons (Fsp3) is 0.381. The van der Waals surface area contributed by atoms with Crippen LogP contribution in [-0.4, -0.2) is 26.2 Å². The molecule has 3 aromatic carbocycles. The largest absolute Gasteiger partial charge is 4.00 e. The molecule has 0 spiro atoms. The van der Waals surface area contributed by atoms with Crippen molar-refractivity contribution in [3.63, 3.8) is 0 Å². The summed E-state index contributed by atoms with van der Waals surface area (Å²) < 4.78 is 0. The van der Waals surface area contributed by atoms with Gasteiger partial charge in [0.1, 0.15) is 0 Å². The maximum atomic E-state index is 8.05. The second-order valence-corrected chi connectivity index (χ2v) is 11.5. The van der Waals surface area contributed by atoms with Gasteiger partial charge in [0.05, 0.1) is 0 Å². The molecule has 8 heteroatoms. The Balaban J connectivity index is 0.000000360. The molecule has 5 rings (SSSR count). The van der Waals surface area contributed by atoms with Crippen LogP contribution >= 0.6 is 0 Å². The second-order valence-electron chi connectivity index (χ2n) is 11.5. The number of azide groups is 1. The number of rotatable bonds is 13. The van der Waals surface area contributed by atoms with Crippen LogP contribution in [-0.2, 0) is 21.1 Å². The quantitative estimate of drug-likeness (QED) is 0.0565. The van der Waals surface area contributed by atoms with Gasteiger partial charge in [-0.2, -0.15) is 13.3 Å². The van der Waals surface area contributed by atoms with Crippen molar-refractivity contribution in [3.8, 4) is 24.2 Å². The summed E-state index contributed by atoms with van der Waals surface area (Å²) >= 11 is 0. The third-order valence-corrected chi connectivity index (χ3v) is 7.81. The number of para-hydroxylation sites is 4. The van der Waals surface area contributed by atoms with E-state index in [1.165, 1.54) is 74.1 Å². The summed E-state index contributed by atoms with van der Waals surface area (Å²) in [5.41, 5.74) is 14.8. The standard InChI is InChI=1S/2C15H23N2.C8H4N3.C4H.Pt/c2*1-3-5-11-16-13-17(12-6-4-2)15-10-8-7-9-14(15)16;1-2-7-3-5-8(6-4-7)10-11-9;1-3-4-2;/h2*7-10,13H,3-6,11-12H2,1-2H3;3-6H;1H;/q4*-1;+4. The smallest absolute Gasteiger partial charge is 0.502 e. The molecule has 0 unspecified atom stereocenters. The minimum atomic E-state index is 0. The van der Waals surface area contributed by atoms with Gasteiger partial charge in [0.2, 0.25) is 0 Å². The monoisotopic (exact) mass is 848 g/mol. The molecule has 0 fully saturated rings. The van der Waals surface area contributed by atoms with Crippen molar-refractivity contribution < 1.29 is 21.1 Å². The number of hydrogen-bond donors (Lipinski definition) is 0. The van der Waals surface area contributed by atoms with Crippen molar-refractivity contribution in [3.05, 3.63) is 115 Å². The van der Waals surface area contributed by atoms with Gasteiger partial charge in [-0.25, -0.2) is 6.42 Å². The molecule has 2 aliphatic heterocycles. The van der Waals surface area contributed by atoms with Gasteiger partial charge in [-0.1, -0.05) is 94.9 Å². The van der Waals surface area contributed by atoms with Gasteiger partial charge >= 0.3 is 21.1 Å². The van der Waals surface area contributed by atoms with E-state index < -0.39 is 0 Å². The zero-order chi connectivity index (χ0) is 35.7. The molecule has 0 radical (unpaired) electrons. The number of hydrogen-bond acceptors (Lipinski definition) is 5. The van der Waals surface area contributed by atoms with Gasteiger partial charge < -0.3 is 32.4 Å². The van der Waals surface area contributed by atoms with Crippen LogP contribution in [0.3, 0.4) is 0 Å². The molecule has 50 heavy (non-hydrogen) atoms. The minimum absolute atomic E-state index is 0. The van der Waals surface area contributed by atoms with Crippen molar-refractivity contribution >= 4 is 28.4 Å². The molecule has 2 aliphatic rings. The summed E-state index contributed by atoms with van der Waals surface area (Å²) in [4.78, 5) is 12.2. The summed E-state index contributed by atoms with van der Waals surface area (Å²) in [6.07, 6.45) is 27.2. The van der Waals surface area contributed by atoms with Gasteiger partial charge in [0.25, 0.3) is 0 Å². The Morgan fingerprint density at radius 1 is 0.640 bits per heavy atom. The van der Waals surface area contributed by atoms with Crippen LogP contribution in [0.25, 0.3) is 10.4 Å². The summed E-state index contributed by atoms with van der Waals surface area (Å²) in [5.74, 6) is 5.77. The van der Waals surface area contributed by atoms with Gasteiger partial charge in [-0.05, 0) is 81.7 Å². The third-order valence-electron chi connectivity index (χ3n) is 7.81. The molecule has 264 valence electrons. The Morgan fingerprint density at radius 2 is 0.960 bits per heavy atom. The van der Waals surface area contributed by atoms with Crippen molar-refractivity contribution in [2.45, 2.75) is 79.1 Å². The molecule has 0 bridgehead atoms. The van der Waals surface area contributed by atoms with E-state index in [4.69, 9.17) is 18.4 Å². The first-order valence-corrected chi connectivity index (χ1v) is 17.4. The minimum Gasteiger partial charge on any atom is -0.502 e. The molecule has 0 aliphatic carbocycles. The Morgan fingerprint density at radius 3 is 1.20 bits per heavy atom. The predicted molar refractivity (Wildman–Crippen MR) is 208 cm³/mol. The van der Waals surface area contributed by atoms with E-state index in [9.17, 15) is 0 Å². The third kappa shape index (κ3) is 14.6. The van der Waals surface area contributed by atoms with E-state index >= 15 is 0 Å². The van der Waals surface area contributed by atoms with Crippen LogP contribution in [0.4, 0.5) is 28.4 Å². The predicted octanol–water partition coefficient (Wildman–Crippen LogP) is 10.8. The molecular weight excluding hydrogens is 798 g/mol. The van der Waals surface area contributed by atoms with Gasteiger partial charge in [0.15, 0.2) is 0 Å². The number of anilines is 4. The Labute approximate surface area is 317 Å². The van der Waals surface area contributed by atoms with Crippen LogP contribution in [0, 0.1) is 50.4 Å². The fourth-order valence-electron chi connectivity index (χ4n) is 5.17. The molecule has 0 saturated carbocycles. The first-order valence-electron chi connectivity index (χ1n) is 17.4. The summed E-state index contributed by atoms with van der Waals surface area (Å²) in [7, 11) is 0. The van der Waals surface area contributed by atoms with E-state index in [1.807, 2.05) is 5.92 Å². The normalized spacial score (nSPS) is 11.6. The van der Waals surface area contributed by atoms with E-state index in [0.29, 0.717) is 11.3 Å². The van der Waals surface area contributed by atoms with Crippen LogP contribution in [0.2, 0.25) is 0 Å². The molecule has 2 heterocycles. The van der Waals surface area contributed by atoms with Crippen LogP contribution < -0.4 is 19.6 Å². The number of fused-ring (bicyclic) bond motifs is 2. The molecule has 7 nitrogen and oxygen atoms in total. The number of nitrogens with zero attached hydrogens (tertiary/aromatic N) is 7. The zero-order valence-corrected chi connectivity index (χ0v) is 32.4. The Bertz CT molecular complexity index is 1400. The number of terminal acetylenes is 1. The summed E-state index contributed by atoms with van der Waals surface area (Å²) in [6.45, 7) is 18.1. The summed E-state index contributed by atoms with van der Waals surface area (Å²) in [6, 6.07) is 24.1. The van der Waals surface area contributed by atoms with Gasteiger partial charge in [0, 0.05) is 33.3 Å². The Hall–Kier alpha value is -4.46. The zero-order valence-electron chi connectivity index (χ0n) is 30.1. The van der Waals surface area contributed by atoms with Crippen molar-refractivity contribution in [2.24, 2.45) is 5.11 Å². The maximum absolute atomic E-state index is 8.05. The van der Waals surface area contributed by atoms with Gasteiger partial charge in [-0.15, -0.1) is 17.7 Å². The SMILES string of the molecule is CCCCN1[CH-]N(CCCC)c2ccccc21.CCCCN1[CH-]N(CCCC)c2ccccc21.[C-]#CC#C.[C-]#Cc1ccc(N=[N+]=[N-])cc1.[Pt+4]. The first kappa shape index (κ1) is 43.6.